The fourth-order valence-electron chi connectivity index (χ4n) is 1.59. The van der Waals surface area contributed by atoms with Gasteiger partial charge >= 0.3 is 5.97 Å². The van der Waals surface area contributed by atoms with E-state index >= 15 is 0 Å². The number of hydrogen-bond acceptors (Lipinski definition) is 2. The maximum atomic E-state index is 11.3. The highest BCUT2D eigenvalue weighted by atomic mass is 16.5. The van der Waals surface area contributed by atoms with Crippen LogP contribution in [0.15, 0.2) is 0 Å². The molecular weight excluding hydrogens is 200 g/mol. The number of hydrogen-bond donors (Lipinski definition) is 0. The van der Waals surface area contributed by atoms with Crippen LogP contribution in [0.1, 0.15) is 71.1 Å². The molecule has 16 heavy (non-hydrogen) atoms. The molecule has 1 radical (unpaired) electrons. The van der Waals surface area contributed by atoms with E-state index < -0.39 is 0 Å². The second kappa shape index (κ2) is 12.5. The SMILES string of the molecule is [CH2]CCCCCC(=O)OCCCCCCC. The Bertz CT molecular complexity index is 155. The molecule has 0 atom stereocenters. The molecule has 0 aromatic carbocycles. The second-order valence-electron chi connectivity index (χ2n) is 4.30. The summed E-state index contributed by atoms with van der Waals surface area (Å²) in [4.78, 5) is 11.3. The van der Waals surface area contributed by atoms with Crippen molar-refractivity contribution in [3.8, 4) is 0 Å². The van der Waals surface area contributed by atoms with Crippen molar-refractivity contribution < 1.29 is 9.53 Å². The molecule has 0 unspecified atom stereocenters. The van der Waals surface area contributed by atoms with Gasteiger partial charge in [-0.05, 0) is 12.8 Å². The summed E-state index contributed by atoms with van der Waals surface area (Å²) in [5.74, 6) is -0.0282. The van der Waals surface area contributed by atoms with Gasteiger partial charge in [-0.3, -0.25) is 4.79 Å². The summed E-state index contributed by atoms with van der Waals surface area (Å²) in [6.07, 6.45) is 10.7. The van der Waals surface area contributed by atoms with E-state index in [2.05, 4.69) is 13.8 Å². The minimum Gasteiger partial charge on any atom is -0.466 e. The summed E-state index contributed by atoms with van der Waals surface area (Å²) in [5, 5.41) is 0. The predicted octanol–water partition coefficient (Wildman–Crippen LogP) is 4.28. The van der Waals surface area contributed by atoms with Gasteiger partial charge in [0.05, 0.1) is 6.61 Å². The fraction of sp³-hybridized carbons (Fsp3) is 0.857. The van der Waals surface area contributed by atoms with Gasteiger partial charge in [-0.1, -0.05) is 58.8 Å². The molecule has 0 aliphatic heterocycles. The molecule has 2 nitrogen and oxygen atoms in total. The average Bonchev–Trinajstić information content (AvgIpc) is 2.29. The average molecular weight is 227 g/mol. The van der Waals surface area contributed by atoms with E-state index in [1.165, 1.54) is 25.7 Å². The van der Waals surface area contributed by atoms with E-state index in [1.807, 2.05) is 0 Å². The first-order valence-corrected chi connectivity index (χ1v) is 6.76. The molecule has 0 saturated heterocycles. The van der Waals surface area contributed by atoms with Crippen molar-refractivity contribution in [1.82, 2.24) is 0 Å². The van der Waals surface area contributed by atoms with Gasteiger partial charge in [0.15, 0.2) is 0 Å². The van der Waals surface area contributed by atoms with E-state index in [4.69, 9.17) is 4.74 Å². The van der Waals surface area contributed by atoms with Crippen molar-refractivity contribution >= 4 is 5.97 Å². The highest BCUT2D eigenvalue weighted by Gasteiger charge is 2.01. The van der Waals surface area contributed by atoms with Crippen LogP contribution in [0.2, 0.25) is 0 Å². The van der Waals surface area contributed by atoms with Crippen LogP contribution in [-0.2, 0) is 9.53 Å². The lowest BCUT2D eigenvalue weighted by molar-refractivity contribution is -0.143. The van der Waals surface area contributed by atoms with Crippen LogP contribution in [0.5, 0.6) is 0 Å². The summed E-state index contributed by atoms with van der Waals surface area (Å²) >= 11 is 0. The highest BCUT2D eigenvalue weighted by molar-refractivity contribution is 5.69. The van der Waals surface area contributed by atoms with Gasteiger partial charge in [0.25, 0.3) is 0 Å². The molecule has 0 N–H and O–H groups in total. The lowest BCUT2D eigenvalue weighted by Gasteiger charge is -2.04. The van der Waals surface area contributed by atoms with Gasteiger partial charge in [0.2, 0.25) is 0 Å². The summed E-state index contributed by atoms with van der Waals surface area (Å²) in [6.45, 7) is 6.58. The third-order valence-electron chi connectivity index (χ3n) is 2.64. The lowest BCUT2D eigenvalue weighted by atomic mass is 10.1. The second-order valence-corrected chi connectivity index (χ2v) is 4.30. The van der Waals surface area contributed by atoms with E-state index in [0.717, 1.165) is 32.1 Å². The Kier molecular flexibility index (Phi) is 12.1. The minimum absolute atomic E-state index is 0.0282. The Hall–Kier alpha value is -0.530. The zero-order valence-corrected chi connectivity index (χ0v) is 10.8. The Morgan fingerprint density at radius 2 is 1.69 bits per heavy atom. The van der Waals surface area contributed by atoms with Gasteiger partial charge in [-0.15, -0.1) is 0 Å². The molecule has 0 rings (SSSR count). The first-order chi connectivity index (χ1) is 7.81. The normalized spacial score (nSPS) is 10.4. The zero-order chi connectivity index (χ0) is 12.1. The van der Waals surface area contributed by atoms with Crippen molar-refractivity contribution in [3.63, 3.8) is 0 Å². The molecular formula is C14H27O2. The molecule has 0 aromatic rings. The molecule has 0 saturated carbocycles. The maximum Gasteiger partial charge on any atom is 0.305 e. The van der Waals surface area contributed by atoms with Crippen LogP contribution in [0, 0.1) is 6.92 Å². The lowest BCUT2D eigenvalue weighted by Crippen LogP contribution is -2.05. The van der Waals surface area contributed by atoms with Crippen molar-refractivity contribution in [3.05, 3.63) is 6.92 Å². The first-order valence-electron chi connectivity index (χ1n) is 6.76. The van der Waals surface area contributed by atoms with Crippen LogP contribution in [0.25, 0.3) is 0 Å². The van der Waals surface area contributed by atoms with Crippen molar-refractivity contribution in [2.75, 3.05) is 6.61 Å². The number of carbonyl (C=O) groups excluding carboxylic acids is 1. The number of ether oxygens (including phenoxy) is 1. The first kappa shape index (κ1) is 15.5. The number of esters is 1. The Balaban J connectivity index is 3.11. The third kappa shape index (κ3) is 11.5. The van der Waals surface area contributed by atoms with Gasteiger partial charge in [0, 0.05) is 6.42 Å². The zero-order valence-electron chi connectivity index (χ0n) is 10.8. The molecule has 2 heteroatoms. The van der Waals surface area contributed by atoms with Crippen molar-refractivity contribution in [1.29, 1.82) is 0 Å². The van der Waals surface area contributed by atoms with Crippen LogP contribution in [0.4, 0.5) is 0 Å². The van der Waals surface area contributed by atoms with Crippen molar-refractivity contribution in [2.24, 2.45) is 0 Å². The summed E-state index contributed by atoms with van der Waals surface area (Å²) in [6, 6.07) is 0. The topological polar surface area (TPSA) is 26.3 Å². The summed E-state index contributed by atoms with van der Waals surface area (Å²) in [7, 11) is 0. The highest BCUT2D eigenvalue weighted by Crippen LogP contribution is 2.05. The molecule has 0 aliphatic carbocycles. The Morgan fingerprint density at radius 1 is 1.00 bits per heavy atom. The third-order valence-corrected chi connectivity index (χ3v) is 2.64. The van der Waals surface area contributed by atoms with Gasteiger partial charge in [-0.25, -0.2) is 0 Å². The van der Waals surface area contributed by atoms with E-state index in [1.54, 1.807) is 0 Å². The van der Waals surface area contributed by atoms with E-state index in [-0.39, 0.29) is 5.97 Å². The molecule has 0 bridgehead atoms. The van der Waals surface area contributed by atoms with Crippen LogP contribution >= 0.6 is 0 Å². The molecule has 0 aliphatic rings. The standard InChI is InChI=1S/C14H27O2/c1-3-5-7-9-11-13-16-14(15)12-10-8-6-4-2/h2-13H2,1H3. The maximum absolute atomic E-state index is 11.3. The number of unbranched alkanes of at least 4 members (excludes halogenated alkanes) is 7. The monoisotopic (exact) mass is 227 g/mol. The van der Waals surface area contributed by atoms with Crippen LogP contribution < -0.4 is 0 Å². The number of rotatable bonds is 11. The van der Waals surface area contributed by atoms with Gasteiger partial charge in [0.1, 0.15) is 0 Å². The summed E-state index contributed by atoms with van der Waals surface area (Å²) in [5.41, 5.74) is 0. The Labute approximate surface area is 101 Å². The van der Waals surface area contributed by atoms with Crippen molar-refractivity contribution in [2.45, 2.75) is 71.1 Å². The minimum atomic E-state index is -0.0282. The quantitative estimate of drug-likeness (QED) is 0.389. The summed E-state index contributed by atoms with van der Waals surface area (Å²) < 4.78 is 5.15. The number of carbonyl (C=O) groups is 1. The molecule has 0 spiro atoms. The Morgan fingerprint density at radius 3 is 2.38 bits per heavy atom. The molecule has 0 fully saturated rings. The largest absolute Gasteiger partial charge is 0.466 e. The predicted molar refractivity (Wildman–Crippen MR) is 68.2 cm³/mol. The molecule has 95 valence electrons. The van der Waals surface area contributed by atoms with Crippen LogP contribution in [-0.4, -0.2) is 12.6 Å². The smallest absolute Gasteiger partial charge is 0.305 e. The van der Waals surface area contributed by atoms with E-state index in [9.17, 15) is 4.79 Å². The van der Waals surface area contributed by atoms with Crippen LogP contribution in [0.3, 0.4) is 0 Å². The molecule has 0 aromatic heterocycles. The van der Waals surface area contributed by atoms with Gasteiger partial charge < -0.3 is 4.74 Å². The van der Waals surface area contributed by atoms with Gasteiger partial charge in [-0.2, -0.15) is 0 Å². The molecule has 0 heterocycles. The molecule has 0 amide bonds. The fourth-order valence-corrected chi connectivity index (χ4v) is 1.59. The van der Waals surface area contributed by atoms with E-state index in [0.29, 0.717) is 13.0 Å².